The Bertz CT molecular complexity index is 909. The van der Waals surface area contributed by atoms with Gasteiger partial charge in [0.25, 0.3) is 5.91 Å². The number of ether oxygens (including phenoxy) is 3. The molecule has 0 radical (unpaired) electrons. The average molecular weight is 382 g/mol. The van der Waals surface area contributed by atoms with Crippen molar-refractivity contribution >= 4 is 18.0 Å². The second-order valence-corrected chi connectivity index (χ2v) is 6.32. The van der Waals surface area contributed by atoms with Crippen molar-refractivity contribution in [2.24, 2.45) is 0 Å². The van der Waals surface area contributed by atoms with Gasteiger partial charge in [-0.3, -0.25) is 9.69 Å². The van der Waals surface area contributed by atoms with Crippen LogP contribution in [-0.2, 0) is 11.3 Å². The van der Waals surface area contributed by atoms with Gasteiger partial charge in [-0.05, 0) is 36.3 Å². The lowest BCUT2D eigenvalue weighted by Crippen LogP contribution is -2.30. The Hall–Kier alpha value is -3.48. The molecule has 1 aliphatic rings. The van der Waals surface area contributed by atoms with Gasteiger partial charge in [0.2, 0.25) is 5.75 Å². The number of aryl methyl sites for hydroxylation is 1. The molecule has 1 aliphatic heterocycles. The summed E-state index contributed by atoms with van der Waals surface area (Å²) in [7, 11) is 4.54. The van der Waals surface area contributed by atoms with Crippen molar-refractivity contribution in [3.63, 3.8) is 0 Å². The van der Waals surface area contributed by atoms with Crippen molar-refractivity contribution < 1.29 is 23.8 Å². The zero-order valence-corrected chi connectivity index (χ0v) is 16.2. The van der Waals surface area contributed by atoms with Gasteiger partial charge < -0.3 is 19.5 Å². The van der Waals surface area contributed by atoms with E-state index in [9.17, 15) is 9.59 Å². The van der Waals surface area contributed by atoms with E-state index in [1.54, 1.807) is 18.2 Å². The van der Waals surface area contributed by atoms with Gasteiger partial charge in [0, 0.05) is 0 Å². The summed E-state index contributed by atoms with van der Waals surface area (Å²) in [6.07, 6.45) is 1.58. The number of amides is 3. The van der Waals surface area contributed by atoms with Gasteiger partial charge in [-0.2, -0.15) is 0 Å². The zero-order valence-electron chi connectivity index (χ0n) is 16.2. The highest BCUT2D eigenvalue weighted by atomic mass is 16.5. The van der Waals surface area contributed by atoms with Crippen molar-refractivity contribution in [3.8, 4) is 17.2 Å². The fourth-order valence-electron chi connectivity index (χ4n) is 2.94. The van der Waals surface area contributed by atoms with Crippen LogP contribution in [-0.4, -0.2) is 38.2 Å². The van der Waals surface area contributed by atoms with Crippen LogP contribution in [0.2, 0.25) is 0 Å². The number of methoxy groups -OCH3 is 3. The van der Waals surface area contributed by atoms with E-state index < -0.39 is 6.03 Å². The summed E-state index contributed by atoms with van der Waals surface area (Å²) >= 11 is 0. The number of rotatable bonds is 6. The average Bonchev–Trinajstić information content (AvgIpc) is 2.96. The van der Waals surface area contributed by atoms with Gasteiger partial charge in [0.05, 0.1) is 27.9 Å². The van der Waals surface area contributed by atoms with Crippen LogP contribution >= 0.6 is 0 Å². The Morgan fingerprint density at radius 3 is 2.11 bits per heavy atom. The monoisotopic (exact) mass is 382 g/mol. The maximum Gasteiger partial charge on any atom is 0.329 e. The summed E-state index contributed by atoms with van der Waals surface area (Å²) in [5, 5.41) is 2.62. The number of hydrogen-bond donors (Lipinski definition) is 1. The predicted octanol–water partition coefficient (Wildman–Crippen LogP) is 3.11. The molecule has 0 bridgehead atoms. The number of hydrogen-bond acceptors (Lipinski definition) is 5. The third-order valence-electron chi connectivity index (χ3n) is 4.42. The van der Waals surface area contributed by atoms with Gasteiger partial charge in [0.15, 0.2) is 11.5 Å². The van der Waals surface area contributed by atoms with E-state index in [1.165, 1.54) is 26.2 Å². The van der Waals surface area contributed by atoms with Crippen LogP contribution in [0.5, 0.6) is 17.2 Å². The lowest BCUT2D eigenvalue weighted by Gasteiger charge is -2.13. The first kappa shape index (κ1) is 19.3. The van der Waals surface area contributed by atoms with Crippen LogP contribution in [0, 0.1) is 6.92 Å². The van der Waals surface area contributed by atoms with Gasteiger partial charge in [-0.25, -0.2) is 4.79 Å². The summed E-state index contributed by atoms with van der Waals surface area (Å²) in [5.74, 6) is 0.984. The third-order valence-corrected chi connectivity index (χ3v) is 4.42. The van der Waals surface area contributed by atoms with Gasteiger partial charge >= 0.3 is 6.03 Å². The number of benzene rings is 2. The van der Waals surface area contributed by atoms with Gasteiger partial charge in [-0.15, -0.1) is 0 Å². The highest BCUT2D eigenvalue weighted by Crippen LogP contribution is 2.38. The number of carbonyl (C=O) groups is 2. The molecule has 3 rings (SSSR count). The van der Waals surface area contributed by atoms with Gasteiger partial charge in [0.1, 0.15) is 5.70 Å². The number of nitrogens with one attached hydrogen (secondary N) is 1. The van der Waals surface area contributed by atoms with Crippen molar-refractivity contribution in [2.45, 2.75) is 13.5 Å². The van der Waals surface area contributed by atoms with Crippen LogP contribution in [0.4, 0.5) is 4.79 Å². The molecular weight excluding hydrogens is 360 g/mol. The molecule has 1 fully saturated rings. The molecule has 7 nitrogen and oxygen atoms in total. The molecule has 0 aromatic heterocycles. The first-order chi connectivity index (χ1) is 13.5. The highest BCUT2D eigenvalue weighted by Gasteiger charge is 2.33. The second-order valence-electron chi connectivity index (χ2n) is 6.32. The maximum atomic E-state index is 12.7. The standard InChI is InChI=1S/C21H22N2O5/c1-13-5-7-14(8-6-13)12-23-20(24)16(22-21(23)25)9-15-10-17(26-2)19(28-4)18(11-15)27-3/h5-11H,12H2,1-4H3,(H,22,25)/b16-9+. The third kappa shape index (κ3) is 3.78. The number of imide groups is 1. The Balaban J connectivity index is 1.88. The molecule has 7 heteroatoms. The van der Waals surface area contributed by atoms with E-state index >= 15 is 0 Å². The number of carbonyl (C=O) groups excluding carboxylic acids is 2. The second kappa shape index (κ2) is 8.04. The molecule has 1 heterocycles. The Kier molecular flexibility index (Phi) is 5.54. The summed E-state index contributed by atoms with van der Waals surface area (Å²) in [4.78, 5) is 26.2. The molecule has 146 valence electrons. The minimum absolute atomic E-state index is 0.186. The van der Waals surface area contributed by atoms with Crippen LogP contribution in [0.1, 0.15) is 16.7 Å². The minimum Gasteiger partial charge on any atom is -0.493 e. The first-order valence-electron chi connectivity index (χ1n) is 8.67. The van der Waals surface area contributed by atoms with Crippen LogP contribution in [0.15, 0.2) is 42.1 Å². The van der Waals surface area contributed by atoms with Crippen molar-refractivity contribution in [3.05, 3.63) is 58.8 Å². The molecule has 0 atom stereocenters. The normalized spacial score (nSPS) is 15.0. The molecule has 1 N–H and O–H groups in total. The maximum absolute atomic E-state index is 12.7. The molecule has 1 saturated heterocycles. The summed E-state index contributed by atoms with van der Waals surface area (Å²) < 4.78 is 15.9. The van der Waals surface area contributed by atoms with Crippen molar-refractivity contribution in [1.29, 1.82) is 0 Å². The molecule has 0 spiro atoms. The molecule has 28 heavy (non-hydrogen) atoms. The quantitative estimate of drug-likeness (QED) is 0.614. The Morgan fingerprint density at radius 2 is 1.57 bits per heavy atom. The van der Waals surface area contributed by atoms with Crippen molar-refractivity contribution in [2.75, 3.05) is 21.3 Å². The molecule has 0 saturated carbocycles. The summed E-state index contributed by atoms with van der Waals surface area (Å²) in [6, 6.07) is 10.6. The van der Waals surface area contributed by atoms with E-state index in [0.717, 1.165) is 11.1 Å². The van der Waals surface area contributed by atoms with Crippen LogP contribution < -0.4 is 19.5 Å². The lowest BCUT2D eigenvalue weighted by molar-refractivity contribution is -0.123. The van der Waals surface area contributed by atoms with E-state index in [2.05, 4.69) is 5.32 Å². The van der Waals surface area contributed by atoms with E-state index in [4.69, 9.17) is 14.2 Å². The molecule has 3 amide bonds. The fourth-order valence-corrected chi connectivity index (χ4v) is 2.94. The fraction of sp³-hybridized carbons (Fsp3) is 0.238. The van der Waals surface area contributed by atoms with Gasteiger partial charge in [-0.1, -0.05) is 29.8 Å². The molecule has 2 aromatic rings. The van der Waals surface area contributed by atoms with Crippen molar-refractivity contribution in [1.82, 2.24) is 10.2 Å². The lowest BCUT2D eigenvalue weighted by atomic mass is 10.1. The zero-order chi connectivity index (χ0) is 20.3. The van der Waals surface area contributed by atoms with Crippen LogP contribution in [0.25, 0.3) is 6.08 Å². The smallest absolute Gasteiger partial charge is 0.329 e. The topological polar surface area (TPSA) is 77.1 Å². The highest BCUT2D eigenvalue weighted by molar-refractivity contribution is 6.13. The van der Waals surface area contributed by atoms with E-state index in [1.807, 2.05) is 31.2 Å². The van der Waals surface area contributed by atoms with E-state index in [0.29, 0.717) is 22.8 Å². The van der Waals surface area contributed by atoms with E-state index in [-0.39, 0.29) is 18.1 Å². The number of urea groups is 1. The summed E-state index contributed by atoms with van der Waals surface area (Å²) in [6.45, 7) is 2.19. The predicted molar refractivity (Wildman–Crippen MR) is 104 cm³/mol. The molecular formula is C21H22N2O5. The van der Waals surface area contributed by atoms with Crippen LogP contribution in [0.3, 0.4) is 0 Å². The Morgan fingerprint density at radius 1 is 0.964 bits per heavy atom. The SMILES string of the molecule is COc1cc(/C=C2/NC(=O)N(Cc3ccc(C)cc3)C2=O)cc(OC)c1OC. The molecule has 0 unspecified atom stereocenters. The summed E-state index contributed by atoms with van der Waals surface area (Å²) in [5.41, 5.74) is 2.81. The molecule has 0 aliphatic carbocycles. The first-order valence-corrected chi connectivity index (χ1v) is 8.67. The minimum atomic E-state index is -0.454. The Labute approximate surface area is 163 Å². The molecule has 2 aromatic carbocycles. The largest absolute Gasteiger partial charge is 0.493 e. The number of nitrogens with zero attached hydrogens (tertiary/aromatic N) is 1.